The lowest BCUT2D eigenvalue weighted by Crippen LogP contribution is -2.37. The van der Waals surface area contributed by atoms with Crippen LogP contribution in [0.15, 0.2) is 0 Å². The standard InChI is InChI=1S/C15H28N4S/c1-5-8-16-10-14-12(2)17-15(20-14)19-9-6-7-13(19)11-18(3)4/h13,16H,5-11H2,1-4H3. The Morgan fingerprint density at radius 2 is 2.25 bits per heavy atom. The monoisotopic (exact) mass is 296 g/mol. The molecule has 1 aromatic heterocycles. The molecule has 4 nitrogen and oxygen atoms in total. The topological polar surface area (TPSA) is 31.4 Å². The largest absolute Gasteiger partial charge is 0.344 e. The smallest absolute Gasteiger partial charge is 0.186 e. The van der Waals surface area contributed by atoms with Crippen LogP contribution in [0.2, 0.25) is 0 Å². The van der Waals surface area contributed by atoms with Gasteiger partial charge in [-0.05, 0) is 46.8 Å². The van der Waals surface area contributed by atoms with Gasteiger partial charge < -0.3 is 15.1 Å². The maximum absolute atomic E-state index is 4.81. The van der Waals surface area contributed by atoms with E-state index in [1.54, 1.807) is 0 Å². The van der Waals surface area contributed by atoms with Crippen molar-refractivity contribution in [3.05, 3.63) is 10.6 Å². The Hall–Kier alpha value is -0.650. The van der Waals surface area contributed by atoms with Gasteiger partial charge in [0.05, 0.1) is 5.69 Å². The predicted octanol–water partition coefficient (Wildman–Crippen LogP) is 2.48. The number of aryl methyl sites for hydroxylation is 1. The van der Waals surface area contributed by atoms with Crippen LogP contribution in [0.4, 0.5) is 5.13 Å². The number of aromatic nitrogens is 1. The average Bonchev–Trinajstić information content (AvgIpc) is 2.96. The van der Waals surface area contributed by atoms with Gasteiger partial charge in [-0.1, -0.05) is 6.92 Å². The lowest BCUT2D eigenvalue weighted by atomic mass is 10.2. The summed E-state index contributed by atoms with van der Waals surface area (Å²) in [6, 6.07) is 0.631. The predicted molar refractivity (Wildman–Crippen MR) is 87.8 cm³/mol. The summed E-state index contributed by atoms with van der Waals surface area (Å²) in [7, 11) is 4.31. The van der Waals surface area contributed by atoms with Gasteiger partial charge in [-0.3, -0.25) is 0 Å². The fourth-order valence-electron chi connectivity index (χ4n) is 2.78. The number of nitrogens with one attached hydrogen (secondary N) is 1. The second kappa shape index (κ2) is 7.38. The zero-order chi connectivity index (χ0) is 14.5. The Morgan fingerprint density at radius 1 is 1.45 bits per heavy atom. The molecule has 2 heterocycles. The Bertz CT molecular complexity index is 416. The quantitative estimate of drug-likeness (QED) is 0.783. The van der Waals surface area contributed by atoms with Gasteiger partial charge in [0.1, 0.15) is 0 Å². The number of likely N-dealkylation sites (N-methyl/N-ethyl adjacent to an activating group) is 1. The van der Waals surface area contributed by atoms with Crippen molar-refractivity contribution in [2.75, 3.05) is 38.6 Å². The van der Waals surface area contributed by atoms with E-state index in [0.717, 1.165) is 26.2 Å². The van der Waals surface area contributed by atoms with Crippen LogP contribution in [0.25, 0.3) is 0 Å². The molecule has 20 heavy (non-hydrogen) atoms. The fraction of sp³-hybridized carbons (Fsp3) is 0.800. The molecule has 1 unspecified atom stereocenters. The Morgan fingerprint density at radius 3 is 2.95 bits per heavy atom. The minimum absolute atomic E-state index is 0.631. The van der Waals surface area contributed by atoms with Gasteiger partial charge in [0, 0.05) is 30.6 Å². The second-order valence-electron chi connectivity index (χ2n) is 5.93. The van der Waals surface area contributed by atoms with Crippen LogP contribution in [0.5, 0.6) is 0 Å². The minimum atomic E-state index is 0.631. The van der Waals surface area contributed by atoms with E-state index in [4.69, 9.17) is 4.98 Å². The van der Waals surface area contributed by atoms with Crippen molar-refractivity contribution in [2.45, 2.75) is 45.7 Å². The molecule has 5 heteroatoms. The first-order chi connectivity index (χ1) is 9.61. The summed E-state index contributed by atoms with van der Waals surface area (Å²) in [6.45, 7) is 8.67. The fourth-order valence-corrected chi connectivity index (χ4v) is 3.91. The molecule has 0 aliphatic carbocycles. The van der Waals surface area contributed by atoms with Gasteiger partial charge in [-0.25, -0.2) is 4.98 Å². The molecule has 0 amide bonds. The number of hydrogen-bond donors (Lipinski definition) is 1. The zero-order valence-corrected chi connectivity index (χ0v) is 14.1. The Balaban J connectivity index is 2.02. The van der Waals surface area contributed by atoms with Crippen molar-refractivity contribution in [1.82, 2.24) is 15.2 Å². The molecule has 0 aromatic carbocycles. The molecule has 1 atom stereocenters. The van der Waals surface area contributed by atoms with Gasteiger partial charge in [0.2, 0.25) is 0 Å². The van der Waals surface area contributed by atoms with E-state index in [0.29, 0.717) is 6.04 Å². The summed E-state index contributed by atoms with van der Waals surface area (Å²) in [5, 5.41) is 4.71. The molecule has 0 radical (unpaired) electrons. The maximum Gasteiger partial charge on any atom is 0.186 e. The highest BCUT2D eigenvalue weighted by atomic mass is 32.1. The summed E-state index contributed by atoms with van der Waals surface area (Å²) in [5.41, 5.74) is 1.20. The molecule has 1 aliphatic rings. The summed E-state index contributed by atoms with van der Waals surface area (Å²) in [5.74, 6) is 0. The third-order valence-electron chi connectivity index (χ3n) is 3.79. The number of nitrogens with zero attached hydrogens (tertiary/aromatic N) is 3. The molecular weight excluding hydrogens is 268 g/mol. The van der Waals surface area contributed by atoms with Crippen molar-refractivity contribution < 1.29 is 0 Å². The summed E-state index contributed by atoms with van der Waals surface area (Å²) in [6.07, 6.45) is 3.77. The first kappa shape index (κ1) is 15.7. The summed E-state index contributed by atoms with van der Waals surface area (Å²) >= 11 is 1.87. The molecule has 2 rings (SSSR count). The molecule has 1 N–H and O–H groups in total. The molecule has 1 aliphatic heterocycles. The van der Waals surface area contributed by atoms with Gasteiger partial charge in [-0.15, -0.1) is 11.3 Å². The van der Waals surface area contributed by atoms with Crippen LogP contribution in [0.3, 0.4) is 0 Å². The molecule has 114 valence electrons. The van der Waals surface area contributed by atoms with Crippen LogP contribution in [0, 0.1) is 6.92 Å². The molecule has 1 aromatic rings. The van der Waals surface area contributed by atoms with Crippen LogP contribution >= 0.6 is 11.3 Å². The van der Waals surface area contributed by atoms with Crippen molar-refractivity contribution in [3.8, 4) is 0 Å². The highest BCUT2D eigenvalue weighted by Crippen LogP contribution is 2.31. The van der Waals surface area contributed by atoms with Gasteiger partial charge in [-0.2, -0.15) is 0 Å². The van der Waals surface area contributed by atoms with Crippen molar-refractivity contribution in [1.29, 1.82) is 0 Å². The lowest BCUT2D eigenvalue weighted by molar-refractivity contribution is 0.372. The number of anilines is 1. The third kappa shape index (κ3) is 3.93. The van der Waals surface area contributed by atoms with Crippen molar-refractivity contribution >= 4 is 16.5 Å². The van der Waals surface area contributed by atoms with Crippen LogP contribution in [-0.4, -0.2) is 49.7 Å². The molecule has 0 saturated carbocycles. The van der Waals surface area contributed by atoms with Crippen LogP contribution < -0.4 is 10.2 Å². The number of hydrogen-bond acceptors (Lipinski definition) is 5. The molecule has 1 fully saturated rings. The van der Waals surface area contributed by atoms with E-state index in [-0.39, 0.29) is 0 Å². The van der Waals surface area contributed by atoms with E-state index in [9.17, 15) is 0 Å². The summed E-state index contributed by atoms with van der Waals surface area (Å²) in [4.78, 5) is 11.0. The van der Waals surface area contributed by atoms with E-state index in [1.165, 1.54) is 35.0 Å². The number of rotatable bonds is 7. The van der Waals surface area contributed by atoms with Gasteiger partial charge >= 0.3 is 0 Å². The Kier molecular flexibility index (Phi) is 5.81. The van der Waals surface area contributed by atoms with E-state index < -0.39 is 0 Å². The Labute approximate surface area is 127 Å². The first-order valence-corrected chi connectivity index (χ1v) is 8.51. The van der Waals surface area contributed by atoms with E-state index in [1.807, 2.05) is 11.3 Å². The van der Waals surface area contributed by atoms with Gasteiger partial charge in [0.25, 0.3) is 0 Å². The molecule has 0 bridgehead atoms. The van der Waals surface area contributed by atoms with E-state index in [2.05, 4.69) is 43.1 Å². The summed E-state index contributed by atoms with van der Waals surface area (Å²) < 4.78 is 0. The highest BCUT2D eigenvalue weighted by molar-refractivity contribution is 7.15. The first-order valence-electron chi connectivity index (χ1n) is 7.70. The minimum Gasteiger partial charge on any atom is -0.344 e. The second-order valence-corrected chi connectivity index (χ2v) is 7.00. The SMILES string of the molecule is CCCNCc1sc(N2CCCC2CN(C)C)nc1C. The zero-order valence-electron chi connectivity index (χ0n) is 13.3. The third-order valence-corrected chi connectivity index (χ3v) is 4.99. The molecular formula is C15H28N4S. The normalized spacial score (nSPS) is 19.2. The van der Waals surface area contributed by atoms with Crippen LogP contribution in [-0.2, 0) is 6.54 Å². The lowest BCUT2D eigenvalue weighted by Gasteiger charge is -2.26. The average molecular weight is 296 g/mol. The van der Waals surface area contributed by atoms with Crippen LogP contribution in [0.1, 0.15) is 36.8 Å². The number of thiazole rings is 1. The highest BCUT2D eigenvalue weighted by Gasteiger charge is 2.27. The van der Waals surface area contributed by atoms with Crippen molar-refractivity contribution in [3.63, 3.8) is 0 Å². The van der Waals surface area contributed by atoms with Crippen molar-refractivity contribution in [2.24, 2.45) is 0 Å². The maximum atomic E-state index is 4.81. The van der Waals surface area contributed by atoms with Gasteiger partial charge in [0.15, 0.2) is 5.13 Å². The molecule has 0 spiro atoms. The molecule has 1 saturated heterocycles. The van der Waals surface area contributed by atoms with E-state index >= 15 is 0 Å².